The van der Waals surface area contributed by atoms with Crippen molar-refractivity contribution in [2.75, 3.05) is 7.11 Å². The maximum Gasteiger partial charge on any atom is 0.240 e. The number of rotatable bonds is 8. The van der Waals surface area contributed by atoms with Gasteiger partial charge in [-0.3, -0.25) is 0 Å². The van der Waals surface area contributed by atoms with Crippen molar-refractivity contribution in [3.8, 4) is 5.75 Å². The summed E-state index contributed by atoms with van der Waals surface area (Å²) in [6.45, 7) is 3.85. The van der Waals surface area contributed by atoms with Crippen LogP contribution in [0.5, 0.6) is 5.75 Å². The van der Waals surface area contributed by atoms with Gasteiger partial charge in [0.25, 0.3) is 0 Å². The van der Waals surface area contributed by atoms with E-state index < -0.39 is 22.2 Å². The monoisotopic (exact) mass is 397 g/mol. The van der Waals surface area contributed by atoms with Gasteiger partial charge in [0.1, 0.15) is 5.75 Å². The smallest absolute Gasteiger partial charge is 0.240 e. The number of hydrogen-bond acceptors (Lipinski definition) is 4. The van der Waals surface area contributed by atoms with Crippen LogP contribution in [-0.4, -0.2) is 26.7 Å². The minimum absolute atomic E-state index is 0.0697. The Labute approximate surface area is 160 Å². The quantitative estimate of drug-likeness (QED) is 0.710. The summed E-state index contributed by atoms with van der Waals surface area (Å²) in [5.41, 5.74) is 0.616. The molecule has 26 heavy (non-hydrogen) atoms. The molecular formula is C19H24ClNO4S. The average molecular weight is 398 g/mol. The number of benzene rings is 2. The van der Waals surface area contributed by atoms with Crippen molar-refractivity contribution in [1.29, 1.82) is 0 Å². The van der Waals surface area contributed by atoms with Crippen LogP contribution in [0.3, 0.4) is 0 Å². The predicted octanol–water partition coefficient (Wildman–Crippen LogP) is 3.78. The zero-order valence-corrected chi connectivity index (χ0v) is 16.6. The van der Waals surface area contributed by atoms with Gasteiger partial charge in [0, 0.05) is 5.02 Å². The van der Waals surface area contributed by atoms with Gasteiger partial charge < -0.3 is 9.84 Å². The number of nitrogens with one attached hydrogen (secondary N) is 1. The van der Waals surface area contributed by atoms with Crippen LogP contribution in [0.4, 0.5) is 0 Å². The zero-order chi connectivity index (χ0) is 19.3. The Hall–Kier alpha value is -1.60. The van der Waals surface area contributed by atoms with E-state index in [1.165, 1.54) is 12.1 Å². The maximum atomic E-state index is 12.8. The van der Waals surface area contributed by atoms with Crippen molar-refractivity contribution in [1.82, 2.24) is 4.72 Å². The SMILES string of the molecule is CC[C@H](C)[C@H](NS(=O)(=O)c1cccc(Cl)c1)C(O)c1ccc(OC)cc1. The van der Waals surface area contributed by atoms with Gasteiger partial charge in [0.15, 0.2) is 0 Å². The fourth-order valence-electron chi connectivity index (χ4n) is 2.64. The molecule has 0 aliphatic heterocycles. The second-order valence-electron chi connectivity index (χ2n) is 6.21. The molecule has 0 aliphatic carbocycles. The highest BCUT2D eigenvalue weighted by Gasteiger charge is 2.30. The van der Waals surface area contributed by atoms with E-state index in [4.69, 9.17) is 16.3 Å². The summed E-state index contributed by atoms with van der Waals surface area (Å²) in [6.07, 6.45) is -0.291. The van der Waals surface area contributed by atoms with Crippen molar-refractivity contribution in [3.63, 3.8) is 0 Å². The highest BCUT2D eigenvalue weighted by molar-refractivity contribution is 7.89. The number of aliphatic hydroxyl groups excluding tert-OH is 1. The first-order valence-corrected chi connectivity index (χ1v) is 10.2. The molecule has 7 heteroatoms. The fourth-order valence-corrected chi connectivity index (χ4v) is 4.29. The summed E-state index contributed by atoms with van der Waals surface area (Å²) < 4.78 is 33.3. The molecule has 0 aromatic heterocycles. The first-order valence-electron chi connectivity index (χ1n) is 8.38. The molecule has 0 heterocycles. The molecule has 3 atom stereocenters. The summed E-state index contributed by atoms with van der Waals surface area (Å²) in [5.74, 6) is 0.585. The molecule has 0 fully saturated rings. The lowest BCUT2D eigenvalue weighted by atomic mass is 9.91. The summed E-state index contributed by atoms with van der Waals surface area (Å²) >= 11 is 5.91. The number of aliphatic hydroxyl groups is 1. The molecule has 2 N–H and O–H groups in total. The zero-order valence-electron chi connectivity index (χ0n) is 15.0. The summed E-state index contributed by atoms with van der Waals surface area (Å²) in [5, 5.41) is 11.2. The van der Waals surface area contributed by atoms with Gasteiger partial charge in [-0.25, -0.2) is 13.1 Å². The van der Waals surface area contributed by atoms with Crippen LogP contribution in [0.15, 0.2) is 53.4 Å². The van der Waals surface area contributed by atoms with E-state index in [2.05, 4.69) is 4.72 Å². The molecule has 142 valence electrons. The Morgan fingerprint density at radius 2 is 1.85 bits per heavy atom. The lowest BCUT2D eigenvalue weighted by Crippen LogP contribution is -2.43. The lowest BCUT2D eigenvalue weighted by Gasteiger charge is -2.29. The minimum Gasteiger partial charge on any atom is -0.497 e. The molecule has 0 saturated carbocycles. The van der Waals surface area contributed by atoms with Gasteiger partial charge in [0.05, 0.1) is 24.2 Å². The first-order chi connectivity index (χ1) is 12.3. The number of methoxy groups -OCH3 is 1. The van der Waals surface area contributed by atoms with Crippen LogP contribution in [0, 0.1) is 5.92 Å². The normalized spacial score (nSPS) is 15.3. The number of sulfonamides is 1. The molecular weight excluding hydrogens is 374 g/mol. The van der Waals surface area contributed by atoms with Gasteiger partial charge in [-0.05, 0) is 41.8 Å². The molecule has 0 saturated heterocycles. The Morgan fingerprint density at radius 1 is 1.19 bits per heavy atom. The van der Waals surface area contributed by atoms with Crippen molar-refractivity contribution in [2.45, 2.75) is 37.3 Å². The summed E-state index contributed by atoms with van der Waals surface area (Å²) in [4.78, 5) is 0.0697. The van der Waals surface area contributed by atoms with E-state index in [1.54, 1.807) is 43.5 Å². The molecule has 2 rings (SSSR count). The molecule has 2 aromatic rings. The van der Waals surface area contributed by atoms with Crippen molar-refractivity contribution >= 4 is 21.6 Å². The number of halogens is 1. The second kappa shape index (κ2) is 8.86. The summed E-state index contributed by atoms with van der Waals surface area (Å²) in [6, 6.07) is 12.3. The van der Waals surface area contributed by atoms with Crippen molar-refractivity contribution in [3.05, 3.63) is 59.1 Å². The van der Waals surface area contributed by atoms with E-state index in [0.717, 1.165) is 0 Å². The van der Waals surface area contributed by atoms with E-state index in [9.17, 15) is 13.5 Å². The second-order valence-corrected chi connectivity index (χ2v) is 8.36. The van der Waals surface area contributed by atoms with Crippen LogP contribution in [0.25, 0.3) is 0 Å². The third kappa shape index (κ3) is 4.98. The number of ether oxygens (including phenoxy) is 1. The Balaban J connectivity index is 2.31. The minimum atomic E-state index is -3.82. The Kier molecular flexibility index (Phi) is 7.06. The fraction of sp³-hybridized carbons (Fsp3) is 0.368. The molecule has 0 radical (unpaired) electrons. The molecule has 2 aromatic carbocycles. The third-order valence-electron chi connectivity index (χ3n) is 4.45. The largest absolute Gasteiger partial charge is 0.497 e. The van der Waals surface area contributed by atoms with E-state index >= 15 is 0 Å². The Morgan fingerprint density at radius 3 is 2.38 bits per heavy atom. The van der Waals surface area contributed by atoms with Crippen LogP contribution in [0.2, 0.25) is 5.02 Å². The van der Waals surface area contributed by atoms with Gasteiger partial charge in [-0.15, -0.1) is 0 Å². The van der Waals surface area contributed by atoms with Gasteiger partial charge >= 0.3 is 0 Å². The van der Waals surface area contributed by atoms with E-state index in [0.29, 0.717) is 22.8 Å². The highest BCUT2D eigenvalue weighted by atomic mass is 35.5. The third-order valence-corrected chi connectivity index (χ3v) is 6.14. The molecule has 0 spiro atoms. The maximum absolute atomic E-state index is 12.8. The van der Waals surface area contributed by atoms with E-state index in [1.807, 2.05) is 13.8 Å². The molecule has 5 nitrogen and oxygen atoms in total. The van der Waals surface area contributed by atoms with Crippen molar-refractivity contribution in [2.24, 2.45) is 5.92 Å². The van der Waals surface area contributed by atoms with E-state index in [-0.39, 0.29) is 10.8 Å². The first kappa shape index (κ1) is 20.7. The van der Waals surface area contributed by atoms with Crippen LogP contribution in [0.1, 0.15) is 31.9 Å². The molecule has 0 aliphatic rings. The van der Waals surface area contributed by atoms with Gasteiger partial charge in [0.2, 0.25) is 10.0 Å². The molecule has 0 amide bonds. The van der Waals surface area contributed by atoms with Crippen LogP contribution < -0.4 is 9.46 Å². The van der Waals surface area contributed by atoms with Crippen LogP contribution >= 0.6 is 11.6 Å². The standard InChI is InChI=1S/C19H24ClNO4S/c1-4-13(2)18(19(22)14-8-10-16(25-3)11-9-14)21-26(23,24)17-7-5-6-15(20)12-17/h5-13,18-19,21-22H,4H2,1-3H3/t13-,18-,19?/m0/s1. The van der Waals surface area contributed by atoms with Gasteiger partial charge in [-0.2, -0.15) is 0 Å². The lowest BCUT2D eigenvalue weighted by molar-refractivity contribution is 0.112. The number of hydrogen-bond donors (Lipinski definition) is 2. The molecule has 1 unspecified atom stereocenters. The average Bonchev–Trinajstić information content (AvgIpc) is 2.65. The van der Waals surface area contributed by atoms with Crippen molar-refractivity contribution < 1.29 is 18.3 Å². The van der Waals surface area contributed by atoms with Crippen LogP contribution in [-0.2, 0) is 10.0 Å². The topological polar surface area (TPSA) is 75.6 Å². The summed E-state index contributed by atoms with van der Waals surface area (Å²) in [7, 11) is -2.26. The predicted molar refractivity (Wildman–Crippen MR) is 103 cm³/mol. The molecule has 0 bridgehead atoms. The van der Waals surface area contributed by atoms with Gasteiger partial charge in [-0.1, -0.05) is 50.1 Å². The highest BCUT2D eigenvalue weighted by Crippen LogP contribution is 2.27. The Bertz CT molecular complexity index is 824.